The number of carbonyl (C=O) groups is 1. The van der Waals surface area contributed by atoms with E-state index >= 15 is 0 Å². The molecule has 0 fully saturated rings. The Balaban J connectivity index is 2.73. The number of hydrogen-bond donors (Lipinski definition) is 2. The summed E-state index contributed by atoms with van der Waals surface area (Å²) in [5.74, 6) is 1.52. The molecule has 1 rings (SSSR count). The molecule has 96 valence electrons. The number of hydrogen-bond acceptors (Lipinski definition) is 3. The SMILES string of the molecule is Cc1cc(C(=O)NC(CCO)C(C)C)c(C)o1. The van der Waals surface area contributed by atoms with Crippen molar-refractivity contribution in [3.63, 3.8) is 0 Å². The Kier molecular flexibility index (Phi) is 4.75. The molecule has 1 heterocycles. The third kappa shape index (κ3) is 3.60. The Morgan fingerprint density at radius 3 is 2.53 bits per heavy atom. The number of furan rings is 1. The predicted octanol–water partition coefficient (Wildman–Crippen LogP) is 2.03. The van der Waals surface area contributed by atoms with Gasteiger partial charge in [0.2, 0.25) is 0 Å². The summed E-state index contributed by atoms with van der Waals surface area (Å²) in [4.78, 5) is 12.0. The summed E-state index contributed by atoms with van der Waals surface area (Å²) in [6, 6.07) is 1.73. The summed E-state index contributed by atoms with van der Waals surface area (Å²) >= 11 is 0. The Morgan fingerprint density at radius 2 is 2.12 bits per heavy atom. The second-order valence-electron chi connectivity index (χ2n) is 4.66. The summed E-state index contributed by atoms with van der Waals surface area (Å²) in [6.07, 6.45) is 0.569. The molecule has 4 nitrogen and oxygen atoms in total. The van der Waals surface area contributed by atoms with E-state index in [0.29, 0.717) is 23.7 Å². The van der Waals surface area contributed by atoms with Gasteiger partial charge in [-0.05, 0) is 32.3 Å². The smallest absolute Gasteiger partial charge is 0.255 e. The Morgan fingerprint density at radius 1 is 1.47 bits per heavy atom. The van der Waals surface area contributed by atoms with E-state index in [9.17, 15) is 4.79 Å². The minimum atomic E-state index is -0.133. The monoisotopic (exact) mass is 239 g/mol. The first-order chi connectivity index (χ1) is 7.95. The summed E-state index contributed by atoms with van der Waals surface area (Å²) in [6.45, 7) is 7.71. The van der Waals surface area contributed by atoms with Gasteiger partial charge >= 0.3 is 0 Å². The van der Waals surface area contributed by atoms with Crippen LogP contribution in [0.15, 0.2) is 10.5 Å². The second kappa shape index (κ2) is 5.87. The van der Waals surface area contributed by atoms with Crippen molar-refractivity contribution in [2.75, 3.05) is 6.61 Å². The molecule has 1 aromatic rings. The van der Waals surface area contributed by atoms with Gasteiger partial charge in [0.05, 0.1) is 5.56 Å². The van der Waals surface area contributed by atoms with Crippen LogP contribution in [0.25, 0.3) is 0 Å². The normalized spacial score (nSPS) is 12.8. The molecular formula is C13H21NO3. The van der Waals surface area contributed by atoms with Gasteiger partial charge in [-0.3, -0.25) is 4.79 Å². The largest absolute Gasteiger partial charge is 0.466 e. The second-order valence-corrected chi connectivity index (χ2v) is 4.66. The van der Waals surface area contributed by atoms with E-state index < -0.39 is 0 Å². The fraction of sp³-hybridized carbons (Fsp3) is 0.615. The fourth-order valence-corrected chi connectivity index (χ4v) is 1.81. The van der Waals surface area contributed by atoms with Crippen molar-refractivity contribution in [1.82, 2.24) is 5.32 Å². The van der Waals surface area contributed by atoms with E-state index in [4.69, 9.17) is 9.52 Å². The third-order valence-corrected chi connectivity index (χ3v) is 2.85. The lowest BCUT2D eigenvalue weighted by Gasteiger charge is -2.21. The van der Waals surface area contributed by atoms with E-state index in [-0.39, 0.29) is 18.6 Å². The molecule has 0 aliphatic carbocycles. The number of rotatable bonds is 5. The molecule has 0 aromatic carbocycles. The van der Waals surface area contributed by atoms with Gasteiger partial charge in [-0.15, -0.1) is 0 Å². The first-order valence-corrected chi connectivity index (χ1v) is 5.94. The van der Waals surface area contributed by atoms with Crippen LogP contribution >= 0.6 is 0 Å². The molecule has 2 N–H and O–H groups in total. The van der Waals surface area contributed by atoms with Crippen LogP contribution in [-0.4, -0.2) is 23.7 Å². The quantitative estimate of drug-likeness (QED) is 0.826. The van der Waals surface area contributed by atoms with Crippen LogP contribution in [0.4, 0.5) is 0 Å². The zero-order valence-electron chi connectivity index (χ0n) is 10.9. The minimum absolute atomic E-state index is 0.0119. The zero-order chi connectivity index (χ0) is 13.0. The van der Waals surface area contributed by atoms with Gasteiger partial charge in [-0.1, -0.05) is 13.8 Å². The molecule has 0 aliphatic rings. The fourth-order valence-electron chi connectivity index (χ4n) is 1.81. The Labute approximate surface area is 102 Å². The van der Waals surface area contributed by atoms with E-state index in [1.54, 1.807) is 13.0 Å². The van der Waals surface area contributed by atoms with Crippen LogP contribution in [-0.2, 0) is 0 Å². The maximum Gasteiger partial charge on any atom is 0.255 e. The van der Waals surface area contributed by atoms with Crippen molar-refractivity contribution in [3.8, 4) is 0 Å². The Hall–Kier alpha value is -1.29. The minimum Gasteiger partial charge on any atom is -0.466 e. The average Bonchev–Trinajstić information content (AvgIpc) is 2.57. The van der Waals surface area contributed by atoms with Crippen molar-refractivity contribution in [1.29, 1.82) is 0 Å². The first kappa shape index (κ1) is 13.8. The number of carbonyl (C=O) groups excluding carboxylic acids is 1. The summed E-state index contributed by atoms with van der Waals surface area (Å²) in [5.41, 5.74) is 0.575. The third-order valence-electron chi connectivity index (χ3n) is 2.85. The highest BCUT2D eigenvalue weighted by molar-refractivity contribution is 5.95. The number of amides is 1. The molecular weight excluding hydrogens is 218 g/mol. The molecule has 0 aliphatic heterocycles. The number of aliphatic hydroxyl groups is 1. The number of aliphatic hydroxyl groups excluding tert-OH is 1. The van der Waals surface area contributed by atoms with Crippen LogP contribution in [0.5, 0.6) is 0 Å². The van der Waals surface area contributed by atoms with Gasteiger partial charge < -0.3 is 14.8 Å². The van der Waals surface area contributed by atoms with E-state index in [0.717, 1.165) is 5.76 Å². The highest BCUT2D eigenvalue weighted by atomic mass is 16.3. The van der Waals surface area contributed by atoms with Gasteiger partial charge in [-0.25, -0.2) is 0 Å². The van der Waals surface area contributed by atoms with Crippen molar-refractivity contribution in [2.45, 2.75) is 40.2 Å². The van der Waals surface area contributed by atoms with Crippen molar-refractivity contribution >= 4 is 5.91 Å². The standard InChI is InChI=1S/C13H21NO3/c1-8(2)12(5-6-15)14-13(16)11-7-9(3)17-10(11)4/h7-8,12,15H,5-6H2,1-4H3,(H,14,16). The molecule has 1 aromatic heterocycles. The summed E-state index contributed by atoms with van der Waals surface area (Å²) in [7, 11) is 0. The van der Waals surface area contributed by atoms with Crippen molar-refractivity contribution in [2.24, 2.45) is 5.92 Å². The van der Waals surface area contributed by atoms with Crippen molar-refractivity contribution in [3.05, 3.63) is 23.2 Å². The molecule has 0 radical (unpaired) electrons. The Bertz CT molecular complexity index is 382. The van der Waals surface area contributed by atoms with Crippen LogP contribution in [0, 0.1) is 19.8 Å². The maximum atomic E-state index is 12.0. The molecule has 1 amide bonds. The lowest BCUT2D eigenvalue weighted by atomic mass is 10.0. The van der Waals surface area contributed by atoms with Crippen molar-refractivity contribution < 1.29 is 14.3 Å². The van der Waals surface area contributed by atoms with Crippen LogP contribution in [0.3, 0.4) is 0 Å². The highest BCUT2D eigenvalue weighted by Gasteiger charge is 2.19. The van der Waals surface area contributed by atoms with E-state index in [1.807, 2.05) is 20.8 Å². The topological polar surface area (TPSA) is 62.5 Å². The molecule has 1 unspecified atom stereocenters. The molecule has 0 saturated carbocycles. The molecule has 0 spiro atoms. The van der Waals surface area contributed by atoms with Crippen LogP contribution < -0.4 is 5.32 Å². The predicted molar refractivity (Wildman–Crippen MR) is 66.0 cm³/mol. The number of aryl methyl sites for hydroxylation is 2. The van der Waals surface area contributed by atoms with E-state index in [2.05, 4.69) is 5.32 Å². The summed E-state index contributed by atoms with van der Waals surface area (Å²) in [5, 5.41) is 11.9. The van der Waals surface area contributed by atoms with E-state index in [1.165, 1.54) is 0 Å². The molecule has 17 heavy (non-hydrogen) atoms. The molecule has 1 atom stereocenters. The maximum absolute atomic E-state index is 12.0. The van der Waals surface area contributed by atoms with Gasteiger partial charge in [0.25, 0.3) is 5.91 Å². The van der Waals surface area contributed by atoms with Gasteiger partial charge in [0, 0.05) is 12.6 Å². The first-order valence-electron chi connectivity index (χ1n) is 5.94. The molecule has 0 saturated heterocycles. The van der Waals surface area contributed by atoms with Gasteiger partial charge in [0.15, 0.2) is 0 Å². The highest BCUT2D eigenvalue weighted by Crippen LogP contribution is 2.15. The molecule has 4 heteroatoms. The molecule has 0 bridgehead atoms. The lowest BCUT2D eigenvalue weighted by Crippen LogP contribution is -2.39. The van der Waals surface area contributed by atoms with Crippen LogP contribution in [0.1, 0.15) is 42.1 Å². The lowest BCUT2D eigenvalue weighted by molar-refractivity contribution is 0.0915. The zero-order valence-corrected chi connectivity index (χ0v) is 10.9. The average molecular weight is 239 g/mol. The van der Waals surface area contributed by atoms with Gasteiger partial charge in [-0.2, -0.15) is 0 Å². The van der Waals surface area contributed by atoms with Gasteiger partial charge in [0.1, 0.15) is 11.5 Å². The number of nitrogens with one attached hydrogen (secondary N) is 1. The summed E-state index contributed by atoms with van der Waals surface area (Å²) < 4.78 is 5.33. The van der Waals surface area contributed by atoms with Crippen LogP contribution in [0.2, 0.25) is 0 Å².